The zero-order chi connectivity index (χ0) is 9.26. The number of nitrogens with two attached hydrogens (primary N) is 1. The van der Waals surface area contributed by atoms with Crippen LogP contribution in [0.15, 0.2) is 34.9 Å². The number of hydrogen-bond acceptors (Lipinski definition) is 3. The van der Waals surface area contributed by atoms with Crippen LogP contribution in [0, 0.1) is 0 Å². The molecule has 13 heavy (non-hydrogen) atoms. The molecule has 0 saturated carbocycles. The highest BCUT2D eigenvalue weighted by molar-refractivity contribution is 6.30. The van der Waals surface area contributed by atoms with Crippen LogP contribution in [-0.2, 0) is 0 Å². The lowest BCUT2D eigenvalue weighted by molar-refractivity contribution is 0.436. The Bertz CT molecular complexity index is 408. The fourth-order valence-corrected chi connectivity index (χ4v) is 1.17. The van der Waals surface area contributed by atoms with Crippen LogP contribution in [0.2, 0.25) is 5.02 Å². The van der Waals surface area contributed by atoms with E-state index >= 15 is 0 Å². The fraction of sp³-hybridized carbons (Fsp3) is 0. The van der Waals surface area contributed by atoms with Crippen LogP contribution in [0.3, 0.4) is 0 Å². The maximum absolute atomic E-state index is 5.73. The van der Waals surface area contributed by atoms with Crippen molar-refractivity contribution in [1.29, 1.82) is 0 Å². The first-order chi connectivity index (χ1) is 6.25. The predicted octanol–water partition coefficient (Wildman–Crippen LogP) is 2.58. The number of anilines is 1. The highest BCUT2D eigenvalue weighted by Gasteiger charge is 2.03. The van der Waals surface area contributed by atoms with Crippen LogP contribution in [0.4, 0.5) is 5.82 Å². The van der Waals surface area contributed by atoms with E-state index in [1.54, 1.807) is 18.2 Å². The lowest BCUT2D eigenvalue weighted by atomic mass is 10.2. The van der Waals surface area contributed by atoms with Crippen LogP contribution in [-0.4, -0.2) is 5.16 Å². The molecule has 0 spiro atoms. The summed E-state index contributed by atoms with van der Waals surface area (Å²) in [5.41, 5.74) is 6.33. The third-order valence-corrected chi connectivity index (χ3v) is 1.91. The topological polar surface area (TPSA) is 52.0 Å². The summed E-state index contributed by atoms with van der Waals surface area (Å²) in [4.78, 5) is 0. The van der Waals surface area contributed by atoms with E-state index in [-0.39, 0.29) is 0 Å². The van der Waals surface area contributed by atoms with Crippen molar-refractivity contribution in [2.45, 2.75) is 0 Å². The molecule has 0 radical (unpaired) electrons. The van der Waals surface area contributed by atoms with E-state index < -0.39 is 0 Å². The lowest BCUT2D eigenvalue weighted by Crippen LogP contribution is -1.79. The van der Waals surface area contributed by atoms with Crippen molar-refractivity contribution in [2.24, 2.45) is 0 Å². The molecule has 0 fully saturated rings. The van der Waals surface area contributed by atoms with Crippen LogP contribution in [0.5, 0.6) is 0 Å². The summed E-state index contributed by atoms with van der Waals surface area (Å²) in [7, 11) is 0. The Morgan fingerprint density at radius 2 is 1.92 bits per heavy atom. The number of nitrogens with zero attached hydrogens (tertiary/aromatic N) is 1. The number of benzene rings is 1. The smallest absolute Gasteiger partial charge is 0.169 e. The number of aromatic nitrogens is 1. The summed E-state index contributed by atoms with van der Waals surface area (Å²) in [6, 6.07) is 8.94. The second-order valence-corrected chi connectivity index (χ2v) is 3.06. The summed E-state index contributed by atoms with van der Waals surface area (Å²) >= 11 is 5.73. The van der Waals surface area contributed by atoms with E-state index in [0.717, 1.165) is 5.56 Å². The van der Waals surface area contributed by atoms with Gasteiger partial charge in [0.2, 0.25) is 0 Å². The quantitative estimate of drug-likeness (QED) is 0.759. The van der Waals surface area contributed by atoms with Gasteiger partial charge >= 0.3 is 0 Å². The Labute approximate surface area is 80.1 Å². The molecule has 1 heterocycles. The van der Waals surface area contributed by atoms with Gasteiger partial charge in [0.25, 0.3) is 0 Å². The van der Waals surface area contributed by atoms with Gasteiger partial charge in [0.05, 0.1) is 0 Å². The minimum absolute atomic E-state index is 0.380. The maximum Gasteiger partial charge on any atom is 0.169 e. The number of halogens is 1. The third-order valence-electron chi connectivity index (χ3n) is 1.66. The SMILES string of the molecule is Nc1cc(-c2ccc(Cl)cc2)on1. The number of nitrogen functional groups attached to an aromatic ring is 1. The van der Waals surface area contributed by atoms with E-state index in [9.17, 15) is 0 Å². The molecule has 0 atom stereocenters. The molecule has 0 amide bonds. The molecule has 0 unspecified atom stereocenters. The van der Waals surface area contributed by atoms with Crippen molar-refractivity contribution in [1.82, 2.24) is 5.16 Å². The molecule has 4 heteroatoms. The largest absolute Gasteiger partial charge is 0.381 e. The van der Waals surface area contributed by atoms with Crippen molar-refractivity contribution in [3.63, 3.8) is 0 Å². The van der Waals surface area contributed by atoms with E-state index in [2.05, 4.69) is 5.16 Å². The highest BCUT2D eigenvalue weighted by atomic mass is 35.5. The fourth-order valence-electron chi connectivity index (χ4n) is 1.04. The Balaban J connectivity index is 2.41. The van der Waals surface area contributed by atoms with Crippen molar-refractivity contribution in [3.05, 3.63) is 35.4 Å². The van der Waals surface area contributed by atoms with Crippen molar-refractivity contribution in [2.75, 3.05) is 5.73 Å². The van der Waals surface area contributed by atoms with Gasteiger partial charge in [-0.2, -0.15) is 0 Å². The zero-order valence-corrected chi connectivity index (χ0v) is 7.45. The van der Waals surface area contributed by atoms with E-state index in [0.29, 0.717) is 16.6 Å². The molecular formula is C9H7ClN2O. The van der Waals surface area contributed by atoms with Gasteiger partial charge in [-0.25, -0.2) is 0 Å². The summed E-state index contributed by atoms with van der Waals surface area (Å²) in [5.74, 6) is 1.03. The normalized spacial score (nSPS) is 10.2. The van der Waals surface area contributed by atoms with Gasteiger partial charge in [0.1, 0.15) is 0 Å². The first-order valence-electron chi connectivity index (χ1n) is 3.74. The second kappa shape index (κ2) is 3.11. The molecule has 2 N–H and O–H groups in total. The van der Waals surface area contributed by atoms with Crippen LogP contribution in [0.1, 0.15) is 0 Å². The lowest BCUT2D eigenvalue weighted by Gasteiger charge is -1.93. The predicted molar refractivity (Wildman–Crippen MR) is 51.4 cm³/mol. The Kier molecular flexibility index (Phi) is 1.94. The van der Waals surface area contributed by atoms with E-state index in [4.69, 9.17) is 21.9 Å². The molecule has 0 saturated heterocycles. The maximum atomic E-state index is 5.73. The van der Waals surface area contributed by atoms with Gasteiger partial charge < -0.3 is 10.3 Å². The molecule has 3 nitrogen and oxygen atoms in total. The minimum Gasteiger partial charge on any atom is -0.381 e. The summed E-state index contributed by atoms with van der Waals surface area (Å²) < 4.78 is 4.97. The van der Waals surface area contributed by atoms with Gasteiger partial charge in [-0.3, -0.25) is 0 Å². The van der Waals surface area contributed by atoms with Crippen LogP contribution in [0.25, 0.3) is 11.3 Å². The van der Waals surface area contributed by atoms with Gasteiger partial charge in [-0.15, -0.1) is 0 Å². The summed E-state index contributed by atoms with van der Waals surface area (Å²) in [6.45, 7) is 0. The molecule has 2 aromatic rings. The van der Waals surface area contributed by atoms with Gasteiger partial charge in [0.15, 0.2) is 11.6 Å². The Morgan fingerprint density at radius 1 is 1.23 bits per heavy atom. The Hall–Kier alpha value is -1.48. The standard InChI is InChI=1S/C9H7ClN2O/c10-7-3-1-6(2-4-7)8-5-9(11)12-13-8/h1-5H,(H2,11,12). The average molecular weight is 195 g/mol. The summed E-state index contributed by atoms with van der Waals surface area (Å²) in [5, 5.41) is 4.28. The molecular weight excluding hydrogens is 188 g/mol. The minimum atomic E-state index is 0.380. The van der Waals surface area contributed by atoms with Crippen molar-refractivity contribution >= 4 is 17.4 Å². The molecule has 66 valence electrons. The molecule has 1 aromatic carbocycles. The molecule has 2 rings (SSSR count). The molecule has 0 aliphatic carbocycles. The Morgan fingerprint density at radius 3 is 2.46 bits per heavy atom. The van der Waals surface area contributed by atoms with E-state index in [1.807, 2.05) is 12.1 Å². The molecule has 0 aliphatic rings. The van der Waals surface area contributed by atoms with Gasteiger partial charge in [-0.05, 0) is 24.3 Å². The van der Waals surface area contributed by atoms with Crippen molar-refractivity contribution in [3.8, 4) is 11.3 Å². The average Bonchev–Trinajstić information content (AvgIpc) is 2.53. The van der Waals surface area contributed by atoms with Gasteiger partial charge in [0, 0.05) is 16.7 Å². The van der Waals surface area contributed by atoms with E-state index in [1.165, 1.54) is 0 Å². The summed E-state index contributed by atoms with van der Waals surface area (Å²) in [6.07, 6.45) is 0. The third kappa shape index (κ3) is 1.65. The first-order valence-corrected chi connectivity index (χ1v) is 4.11. The van der Waals surface area contributed by atoms with Crippen LogP contribution >= 0.6 is 11.6 Å². The van der Waals surface area contributed by atoms with Gasteiger partial charge in [-0.1, -0.05) is 16.8 Å². The zero-order valence-electron chi connectivity index (χ0n) is 6.70. The van der Waals surface area contributed by atoms with Crippen LogP contribution < -0.4 is 5.73 Å². The highest BCUT2D eigenvalue weighted by Crippen LogP contribution is 2.22. The first kappa shape index (κ1) is 8.13. The monoisotopic (exact) mass is 194 g/mol. The second-order valence-electron chi connectivity index (χ2n) is 2.62. The molecule has 0 bridgehead atoms. The molecule has 0 aliphatic heterocycles. The number of rotatable bonds is 1. The molecule has 1 aromatic heterocycles. The number of hydrogen-bond donors (Lipinski definition) is 1. The van der Waals surface area contributed by atoms with Crippen molar-refractivity contribution < 1.29 is 4.52 Å².